The normalized spacial score (nSPS) is 21.5. The fraction of sp³-hybridized carbons (Fsp3) is 0.375. The van der Waals surface area contributed by atoms with Crippen molar-refractivity contribution in [3.63, 3.8) is 0 Å². The summed E-state index contributed by atoms with van der Waals surface area (Å²) in [7, 11) is -4.01. The highest BCUT2D eigenvalue weighted by atomic mass is 32.2. The lowest BCUT2D eigenvalue weighted by Crippen LogP contribution is -2.46. The average Bonchev–Trinajstić information content (AvgIpc) is 2.79. The summed E-state index contributed by atoms with van der Waals surface area (Å²) in [6, 6.07) is 8.69. The number of carbonyl (C=O) groups excluding carboxylic acids is 1. The van der Waals surface area contributed by atoms with Crippen molar-refractivity contribution in [2.75, 3.05) is 0 Å². The third kappa shape index (κ3) is 6.24. The minimum Gasteiger partial charge on any atom is -0.351 e. The van der Waals surface area contributed by atoms with Gasteiger partial charge >= 0.3 is 6.18 Å². The monoisotopic (exact) mass is 498 g/mol. The first-order valence-corrected chi connectivity index (χ1v) is 12.3. The number of rotatable bonds is 7. The van der Waals surface area contributed by atoms with Crippen LogP contribution in [0.4, 0.5) is 17.6 Å². The molecule has 0 aromatic heterocycles. The maximum Gasteiger partial charge on any atom is 0.416 e. The van der Waals surface area contributed by atoms with Gasteiger partial charge in [-0.25, -0.2) is 17.5 Å². The zero-order valence-corrected chi connectivity index (χ0v) is 19.3. The Balaban J connectivity index is 1.62. The van der Waals surface area contributed by atoms with Crippen molar-refractivity contribution < 1.29 is 30.8 Å². The van der Waals surface area contributed by atoms with Crippen LogP contribution < -0.4 is 10.0 Å². The van der Waals surface area contributed by atoms with Gasteiger partial charge in [-0.15, -0.1) is 0 Å². The maximum absolute atomic E-state index is 13.1. The molecule has 1 saturated carbocycles. The molecular weight excluding hydrogens is 472 g/mol. The fourth-order valence-electron chi connectivity index (χ4n) is 4.11. The lowest BCUT2D eigenvalue weighted by Gasteiger charge is -2.37. The van der Waals surface area contributed by atoms with E-state index in [0.29, 0.717) is 25.7 Å². The van der Waals surface area contributed by atoms with Gasteiger partial charge in [0.1, 0.15) is 5.82 Å². The molecule has 1 aliphatic carbocycles. The number of carbonyl (C=O) groups is 1. The molecule has 1 fully saturated rings. The Morgan fingerprint density at radius 2 is 1.65 bits per heavy atom. The minimum atomic E-state index is -4.55. The predicted octanol–water partition coefficient (Wildman–Crippen LogP) is 4.94. The first kappa shape index (κ1) is 25.9. The van der Waals surface area contributed by atoms with Gasteiger partial charge in [0.05, 0.1) is 15.9 Å². The third-order valence-corrected chi connectivity index (χ3v) is 7.53. The molecule has 0 radical (unpaired) electrons. The van der Waals surface area contributed by atoms with Crippen molar-refractivity contribution in [2.24, 2.45) is 5.41 Å². The highest BCUT2D eigenvalue weighted by molar-refractivity contribution is 7.89. The van der Waals surface area contributed by atoms with Crippen LogP contribution in [0.5, 0.6) is 0 Å². The number of sulfonamides is 1. The lowest BCUT2D eigenvalue weighted by atomic mass is 9.71. The number of hydrogen-bond donors (Lipinski definition) is 2. The topological polar surface area (TPSA) is 75.3 Å². The van der Waals surface area contributed by atoms with Crippen molar-refractivity contribution in [3.05, 3.63) is 77.6 Å². The van der Waals surface area contributed by atoms with E-state index in [4.69, 9.17) is 0 Å². The molecule has 0 unspecified atom stereocenters. The molecule has 0 spiro atoms. The molecule has 3 rings (SSSR count). The minimum absolute atomic E-state index is 0.195. The molecular formula is C24H26F4N2O3S. The van der Waals surface area contributed by atoms with Crippen molar-refractivity contribution in [1.82, 2.24) is 10.0 Å². The maximum atomic E-state index is 13.1. The Labute approximate surface area is 196 Å². The fourth-order valence-corrected chi connectivity index (χ4v) is 5.42. The van der Waals surface area contributed by atoms with Gasteiger partial charge in [-0.3, -0.25) is 4.79 Å². The number of halogens is 4. The Bertz CT molecular complexity index is 1120. The van der Waals surface area contributed by atoms with Crippen molar-refractivity contribution >= 4 is 15.9 Å². The first-order chi connectivity index (χ1) is 15.9. The second-order valence-corrected chi connectivity index (χ2v) is 10.1. The molecule has 2 aromatic rings. The average molecular weight is 499 g/mol. The van der Waals surface area contributed by atoms with E-state index in [1.54, 1.807) is 25.1 Å². The van der Waals surface area contributed by atoms with Crippen LogP contribution in [0.1, 0.15) is 43.7 Å². The van der Waals surface area contributed by atoms with Crippen molar-refractivity contribution in [1.29, 1.82) is 0 Å². The van der Waals surface area contributed by atoms with Gasteiger partial charge < -0.3 is 5.32 Å². The lowest BCUT2D eigenvalue weighted by molar-refractivity contribution is -0.137. The van der Waals surface area contributed by atoms with Crippen LogP contribution in [0, 0.1) is 11.2 Å². The molecule has 5 nitrogen and oxygen atoms in total. The second-order valence-electron chi connectivity index (χ2n) is 8.38. The summed E-state index contributed by atoms with van der Waals surface area (Å²) in [4.78, 5) is 12.8. The number of amides is 1. The largest absolute Gasteiger partial charge is 0.416 e. The smallest absolute Gasteiger partial charge is 0.351 e. The van der Waals surface area contributed by atoms with Gasteiger partial charge in [0.15, 0.2) is 0 Å². The Morgan fingerprint density at radius 1 is 1.06 bits per heavy atom. The second kappa shape index (κ2) is 10.3. The standard InChI is InChI=1S/C24H26F4N2O3S/c1-2-13-23(22(31)29-16-17-3-7-19(25)8-4-17)14-11-20(12-15-23)30-34(32,33)21-9-5-18(6-10-21)24(26,27)28/h2-10,13,20,30H,11-12,14-16H2,1H3,(H,29,31)/b13-2+. The molecule has 1 amide bonds. The predicted molar refractivity (Wildman–Crippen MR) is 120 cm³/mol. The molecule has 0 saturated heterocycles. The van der Waals surface area contributed by atoms with Crippen molar-refractivity contribution in [2.45, 2.75) is 56.3 Å². The quantitative estimate of drug-likeness (QED) is 0.419. The van der Waals surface area contributed by atoms with E-state index < -0.39 is 33.2 Å². The highest BCUT2D eigenvalue weighted by Crippen LogP contribution is 2.39. The van der Waals surface area contributed by atoms with E-state index in [2.05, 4.69) is 10.0 Å². The summed E-state index contributed by atoms with van der Waals surface area (Å²) in [6.45, 7) is 2.04. The molecule has 0 atom stereocenters. The summed E-state index contributed by atoms with van der Waals surface area (Å²) in [6.07, 6.45) is 0.603. The highest BCUT2D eigenvalue weighted by Gasteiger charge is 2.40. The van der Waals surface area contributed by atoms with E-state index >= 15 is 0 Å². The van der Waals surface area contributed by atoms with Gasteiger partial charge in [-0.1, -0.05) is 24.3 Å². The van der Waals surface area contributed by atoms with E-state index in [1.807, 2.05) is 6.08 Å². The Morgan fingerprint density at radius 3 is 2.18 bits per heavy atom. The first-order valence-electron chi connectivity index (χ1n) is 10.8. The zero-order valence-electron chi connectivity index (χ0n) is 18.5. The van der Waals surface area contributed by atoms with E-state index in [0.717, 1.165) is 29.8 Å². The third-order valence-electron chi connectivity index (χ3n) is 6.00. The van der Waals surface area contributed by atoms with Crippen LogP contribution >= 0.6 is 0 Å². The number of nitrogens with one attached hydrogen (secondary N) is 2. The SMILES string of the molecule is C/C=C/C1(C(=O)NCc2ccc(F)cc2)CCC(NS(=O)(=O)c2ccc(C(F)(F)F)cc2)CC1. The molecule has 0 aliphatic heterocycles. The molecule has 2 N–H and O–H groups in total. The summed E-state index contributed by atoms with van der Waals surface area (Å²) in [5.74, 6) is -0.559. The molecule has 1 aliphatic rings. The van der Waals surface area contributed by atoms with Gasteiger partial charge in [0.2, 0.25) is 15.9 Å². The Kier molecular flexibility index (Phi) is 7.82. The van der Waals surface area contributed by atoms with E-state index in [-0.39, 0.29) is 23.2 Å². The van der Waals surface area contributed by atoms with Crippen LogP contribution in [0.25, 0.3) is 0 Å². The van der Waals surface area contributed by atoms with Gasteiger partial charge in [0, 0.05) is 12.6 Å². The van der Waals surface area contributed by atoms with Crippen LogP contribution in [0.15, 0.2) is 65.6 Å². The summed E-state index contributed by atoms with van der Waals surface area (Å²) in [5.41, 5.74) is -0.972. The molecule has 10 heteroatoms. The summed E-state index contributed by atoms with van der Waals surface area (Å²) >= 11 is 0. The van der Waals surface area contributed by atoms with Gasteiger partial charge in [-0.2, -0.15) is 13.2 Å². The van der Waals surface area contributed by atoms with Crippen LogP contribution in [0.2, 0.25) is 0 Å². The van der Waals surface area contributed by atoms with Gasteiger partial charge in [-0.05, 0) is 74.6 Å². The van der Waals surface area contributed by atoms with Crippen LogP contribution in [-0.2, 0) is 27.5 Å². The van der Waals surface area contributed by atoms with Crippen LogP contribution in [-0.4, -0.2) is 20.4 Å². The van der Waals surface area contributed by atoms with Crippen molar-refractivity contribution in [3.8, 4) is 0 Å². The van der Waals surface area contributed by atoms with E-state index in [9.17, 15) is 30.8 Å². The summed E-state index contributed by atoms with van der Waals surface area (Å²) < 4.78 is 79.1. The number of hydrogen-bond acceptors (Lipinski definition) is 3. The number of benzene rings is 2. The Hall–Kier alpha value is -2.72. The molecule has 0 bridgehead atoms. The van der Waals surface area contributed by atoms with E-state index in [1.165, 1.54) is 12.1 Å². The zero-order chi connectivity index (χ0) is 25.0. The van der Waals surface area contributed by atoms with Gasteiger partial charge in [0.25, 0.3) is 0 Å². The molecule has 184 valence electrons. The summed E-state index contributed by atoms with van der Waals surface area (Å²) in [5, 5.41) is 2.88. The molecule has 0 heterocycles. The molecule has 34 heavy (non-hydrogen) atoms. The molecule has 2 aromatic carbocycles. The number of alkyl halides is 3. The number of allylic oxidation sites excluding steroid dienone is 1. The van der Waals surface area contributed by atoms with Crippen LogP contribution in [0.3, 0.4) is 0 Å².